The van der Waals surface area contributed by atoms with E-state index in [1.54, 1.807) is 0 Å². The van der Waals surface area contributed by atoms with E-state index in [1.807, 2.05) is 13.8 Å². The Balaban J connectivity index is 1.85. The van der Waals surface area contributed by atoms with Gasteiger partial charge in [-0.1, -0.05) is 13.8 Å². The Kier molecular flexibility index (Phi) is 4.08. The first-order valence-electron chi connectivity index (χ1n) is 7.49. The van der Waals surface area contributed by atoms with Crippen molar-refractivity contribution in [2.45, 2.75) is 50.5 Å². The summed E-state index contributed by atoms with van der Waals surface area (Å²) in [5.74, 6) is 0.133. The fourth-order valence-corrected chi connectivity index (χ4v) is 5.55. The molecule has 0 bridgehead atoms. The predicted octanol–water partition coefficient (Wildman–Crippen LogP) is -0.0188. The second kappa shape index (κ2) is 5.74. The third-order valence-electron chi connectivity index (χ3n) is 4.37. The van der Waals surface area contributed by atoms with Gasteiger partial charge in [-0.05, 0) is 18.2 Å². The molecule has 2 saturated heterocycles. The van der Waals surface area contributed by atoms with Gasteiger partial charge in [0.15, 0.2) is 6.23 Å². The van der Waals surface area contributed by atoms with Crippen molar-refractivity contribution in [2.75, 3.05) is 12.3 Å². The van der Waals surface area contributed by atoms with Crippen LogP contribution in [-0.4, -0.2) is 48.1 Å². The Hall–Kier alpha value is -1.26. The molecule has 4 atom stereocenters. The first kappa shape index (κ1) is 15.6. The van der Waals surface area contributed by atoms with E-state index in [0.717, 1.165) is 12.1 Å². The number of hydrogen-bond donors (Lipinski definition) is 2. The summed E-state index contributed by atoms with van der Waals surface area (Å²) in [6.45, 7) is 4.44. The molecule has 1 aromatic rings. The van der Waals surface area contributed by atoms with Crippen LogP contribution in [0.3, 0.4) is 0 Å². The van der Waals surface area contributed by atoms with Crippen molar-refractivity contribution in [1.29, 1.82) is 0 Å². The average molecular weight is 327 g/mol. The maximum atomic E-state index is 11.9. The Labute approximate surface area is 129 Å². The zero-order valence-electron chi connectivity index (χ0n) is 12.6. The van der Waals surface area contributed by atoms with Crippen LogP contribution in [0.4, 0.5) is 5.82 Å². The fraction of sp³-hybridized carbons (Fsp3) is 0.692. The van der Waals surface area contributed by atoms with E-state index in [9.17, 15) is 9.90 Å². The highest BCUT2D eigenvalue weighted by Gasteiger charge is 2.54. The van der Waals surface area contributed by atoms with Gasteiger partial charge in [-0.2, -0.15) is 4.98 Å². The summed E-state index contributed by atoms with van der Waals surface area (Å²) in [4.78, 5) is 15.6. The third-order valence-corrected chi connectivity index (χ3v) is 7.92. The molecule has 22 heavy (non-hydrogen) atoms. The minimum atomic E-state index is -2.27. The monoisotopic (exact) mass is 327 g/mol. The highest BCUT2D eigenvalue weighted by atomic mass is 28.4. The summed E-state index contributed by atoms with van der Waals surface area (Å²) in [7, 11) is -2.27. The summed E-state index contributed by atoms with van der Waals surface area (Å²) < 4.78 is 19.0. The number of nitrogens with zero attached hydrogens (tertiary/aromatic N) is 2. The van der Waals surface area contributed by atoms with E-state index >= 15 is 0 Å². The topological polar surface area (TPSA) is 109 Å². The minimum absolute atomic E-state index is 0.133. The largest absolute Gasteiger partial charge is 0.391 e. The number of ether oxygens (including phenoxy) is 1. The Bertz CT molecular complexity index is 606. The molecule has 0 saturated carbocycles. The van der Waals surface area contributed by atoms with Gasteiger partial charge in [0.25, 0.3) is 0 Å². The smallest absolute Gasteiger partial charge is 0.351 e. The third kappa shape index (κ3) is 2.48. The number of nitrogens with two attached hydrogens (primary N) is 1. The molecule has 0 spiro atoms. The van der Waals surface area contributed by atoms with E-state index in [0.29, 0.717) is 6.61 Å². The molecular weight excluding hydrogens is 306 g/mol. The van der Waals surface area contributed by atoms with Gasteiger partial charge >= 0.3 is 14.3 Å². The average Bonchev–Trinajstić information content (AvgIpc) is 2.83. The molecule has 0 aromatic carbocycles. The minimum Gasteiger partial charge on any atom is -0.391 e. The fourth-order valence-electron chi connectivity index (χ4n) is 2.99. The maximum absolute atomic E-state index is 11.9. The van der Waals surface area contributed by atoms with Gasteiger partial charge in [-0.25, -0.2) is 4.79 Å². The van der Waals surface area contributed by atoms with Crippen molar-refractivity contribution in [3.05, 3.63) is 22.7 Å². The van der Waals surface area contributed by atoms with E-state index in [4.69, 9.17) is 19.3 Å². The lowest BCUT2D eigenvalue weighted by molar-refractivity contribution is -0.0722. The molecule has 3 heterocycles. The molecule has 2 aliphatic heterocycles. The molecule has 122 valence electrons. The molecule has 9 heteroatoms. The quantitative estimate of drug-likeness (QED) is 0.751. The summed E-state index contributed by atoms with van der Waals surface area (Å²) >= 11 is 0. The second-order valence-electron chi connectivity index (χ2n) is 5.61. The Morgan fingerprint density at radius 3 is 2.86 bits per heavy atom. The number of aliphatic hydroxyl groups excluding tert-OH is 1. The van der Waals surface area contributed by atoms with Crippen molar-refractivity contribution >= 4 is 14.4 Å². The molecule has 0 amide bonds. The highest BCUT2D eigenvalue weighted by Crippen LogP contribution is 2.38. The zero-order valence-corrected chi connectivity index (χ0v) is 13.6. The number of hydrogen-bond acceptors (Lipinski definition) is 7. The zero-order chi connectivity index (χ0) is 15.9. The number of nitrogen functional groups attached to an aromatic ring is 1. The standard InChI is InChI=1S/C13H21N3O5Si/c1-3-22(4-2)19-7-8-11(21-22)10(17)12(20-8)16-6-5-9(14)15-13(16)18/h5-6,8,10-12,17H,3-4,7H2,1-2H3,(H2,14,15,18). The van der Waals surface area contributed by atoms with Crippen LogP contribution in [0.25, 0.3) is 0 Å². The van der Waals surface area contributed by atoms with E-state index in [-0.39, 0.29) is 11.9 Å². The van der Waals surface area contributed by atoms with Crippen molar-refractivity contribution < 1.29 is 18.7 Å². The molecule has 3 N–H and O–H groups in total. The number of fused-ring (bicyclic) bond motifs is 1. The summed E-state index contributed by atoms with van der Waals surface area (Å²) in [6, 6.07) is 3.12. The van der Waals surface area contributed by atoms with Crippen LogP contribution in [0.5, 0.6) is 0 Å². The van der Waals surface area contributed by atoms with Gasteiger partial charge in [-0.15, -0.1) is 0 Å². The van der Waals surface area contributed by atoms with Gasteiger partial charge in [0.2, 0.25) is 0 Å². The summed E-state index contributed by atoms with van der Waals surface area (Å²) in [5, 5.41) is 10.6. The SMILES string of the molecule is CC[Si]1(CC)OCC2OC(n3ccc(N)nc3=O)C(O)C2O1. The molecule has 4 unspecified atom stereocenters. The Morgan fingerprint density at radius 2 is 2.23 bits per heavy atom. The summed E-state index contributed by atoms with van der Waals surface area (Å²) in [6.07, 6.45) is -1.17. The van der Waals surface area contributed by atoms with Crippen LogP contribution in [-0.2, 0) is 13.6 Å². The van der Waals surface area contributed by atoms with Crippen LogP contribution in [0.2, 0.25) is 12.1 Å². The molecule has 3 rings (SSSR count). The van der Waals surface area contributed by atoms with Crippen LogP contribution in [0.15, 0.2) is 17.1 Å². The van der Waals surface area contributed by atoms with Crippen molar-refractivity contribution in [3.63, 3.8) is 0 Å². The van der Waals surface area contributed by atoms with Crippen molar-refractivity contribution in [2.24, 2.45) is 0 Å². The van der Waals surface area contributed by atoms with E-state index in [1.165, 1.54) is 16.8 Å². The summed E-state index contributed by atoms with van der Waals surface area (Å²) in [5.41, 5.74) is 4.93. The van der Waals surface area contributed by atoms with Gasteiger partial charge in [-0.3, -0.25) is 4.57 Å². The van der Waals surface area contributed by atoms with Crippen LogP contribution < -0.4 is 11.4 Å². The number of rotatable bonds is 3. The molecule has 1 aromatic heterocycles. The lowest BCUT2D eigenvalue weighted by atomic mass is 10.1. The molecular formula is C13H21N3O5Si. The van der Waals surface area contributed by atoms with Crippen molar-refractivity contribution in [3.8, 4) is 0 Å². The van der Waals surface area contributed by atoms with Crippen LogP contribution in [0, 0.1) is 0 Å². The molecule has 2 fully saturated rings. The van der Waals surface area contributed by atoms with Gasteiger partial charge < -0.3 is 24.4 Å². The van der Waals surface area contributed by atoms with E-state index < -0.39 is 32.7 Å². The number of aromatic nitrogens is 2. The Morgan fingerprint density at radius 1 is 1.50 bits per heavy atom. The highest BCUT2D eigenvalue weighted by molar-refractivity contribution is 6.67. The molecule has 0 radical (unpaired) electrons. The first-order valence-corrected chi connectivity index (χ1v) is 9.72. The molecule has 0 aliphatic carbocycles. The number of aliphatic hydroxyl groups is 1. The second-order valence-corrected chi connectivity index (χ2v) is 9.37. The lowest BCUT2D eigenvalue weighted by Crippen LogP contribution is -2.55. The van der Waals surface area contributed by atoms with Crippen LogP contribution >= 0.6 is 0 Å². The first-order chi connectivity index (χ1) is 10.5. The maximum Gasteiger partial charge on any atom is 0.351 e. The van der Waals surface area contributed by atoms with Crippen LogP contribution in [0.1, 0.15) is 20.1 Å². The van der Waals surface area contributed by atoms with Crippen molar-refractivity contribution in [1.82, 2.24) is 9.55 Å². The van der Waals surface area contributed by atoms with Gasteiger partial charge in [0.1, 0.15) is 24.1 Å². The van der Waals surface area contributed by atoms with Gasteiger partial charge in [0.05, 0.1) is 6.61 Å². The van der Waals surface area contributed by atoms with Gasteiger partial charge in [0, 0.05) is 6.20 Å². The predicted molar refractivity (Wildman–Crippen MR) is 80.4 cm³/mol. The molecule has 2 aliphatic rings. The van der Waals surface area contributed by atoms with E-state index in [2.05, 4.69) is 4.98 Å². The molecule has 8 nitrogen and oxygen atoms in total. The lowest BCUT2D eigenvalue weighted by Gasteiger charge is -2.39. The normalized spacial score (nSPS) is 33.6. The number of anilines is 1.